The Hall–Kier alpha value is -1.35. The second-order valence-corrected chi connectivity index (χ2v) is 3.47. The van der Waals surface area contributed by atoms with Crippen molar-refractivity contribution in [2.75, 3.05) is 6.61 Å². The molecule has 1 rings (SSSR count). The third-order valence-corrected chi connectivity index (χ3v) is 1.56. The summed E-state index contributed by atoms with van der Waals surface area (Å²) in [5, 5.41) is 0. The molecule has 0 unspecified atom stereocenters. The summed E-state index contributed by atoms with van der Waals surface area (Å²) in [6.45, 7) is 4.25. The van der Waals surface area contributed by atoms with Gasteiger partial charge in [-0.15, -0.1) is 6.58 Å². The van der Waals surface area contributed by atoms with Crippen molar-refractivity contribution in [2.45, 2.75) is 6.42 Å². The molecule has 1 aromatic carbocycles. The maximum atomic E-state index is 8.74. The molecule has 1 aromatic rings. The zero-order chi connectivity index (χ0) is 12.9. The molecule has 0 aliphatic carbocycles. The van der Waals surface area contributed by atoms with Gasteiger partial charge in [0.15, 0.2) is 0 Å². The van der Waals surface area contributed by atoms with E-state index in [2.05, 4.69) is 6.58 Å². The van der Waals surface area contributed by atoms with Gasteiger partial charge in [-0.05, 0) is 18.6 Å². The molecule has 0 bridgehead atoms. The Labute approximate surface area is 102 Å². The minimum atomic E-state index is -3.13. The lowest BCUT2D eigenvalue weighted by molar-refractivity contribution is 0.362. The molecular weight excluding hydrogens is 239 g/mol. The SMILES string of the molecule is C=CCC=CCOc1ccccc1.O=[PH](O)O. The lowest BCUT2D eigenvalue weighted by atomic mass is 10.3. The van der Waals surface area contributed by atoms with E-state index in [1.54, 1.807) is 0 Å². The highest BCUT2D eigenvalue weighted by Gasteiger charge is 1.86. The molecule has 17 heavy (non-hydrogen) atoms. The second-order valence-electron chi connectivity index (χ2n) is 2.90. The fourth-order valence-electron chi connectivity index (χ4n) is 0.922. The minimum Gasteiger partial charge on any atom is -0.490 e. The van der Waals surface area contributed by atoms with Crippen molar-refractivity contribution < 1.29 is 19.1 Å². The van der Waals surface area contributed by atoms with E-state index in [1.807, 2.05) is 48.6 Å². The van der Waals surface area contributed by atoms with Gasteiger partial charge in [-0.1, -0.05) is 36.4 Å². The normalized spacial score (nSPS) is 9.82. The molecule has 0 radical (unpaired) electrons. The average molecular weight is 256 g/mol. The molecule has 94 valence electrons. The first-order valence-electron chi connectivity index (χ1n) is 5.02. The van der Waals surface area contributed by atoms with Crippen LogP contribution in [-0.2, 0) is 4.57 Å². The number of rotatable bonds is 5. The van der Waals surface area contributed by atoms with Crippen LogP contribution in [0.5, 0.6) is 5.75 Å². The van der Waals surface area contributed by atoms with Crippen LogP contribution in [0.15, 0.2) is 55.1 Å². The van der Waals surface area contributed by atoms with Gasteiger partial charge in [-0.3, -0.25) is 4.57 Å². The molecule has 0 saturated heterocycles. The molecule has 0 aliphatic rings. The van der Waals surface area contributed by atoms with Gasteiger partial charge in [0, 0.05) is 0 Å². The van der Waals surface area contributed by atoms with Gasteiger partial charge >= 0.3 is 8.25 Å². The molecule has 2 N–H and O–H groups in total. The molecule has 0 amide bonds. The van der Waals surface area contributed by atoms with Crippen molar-refractivity contribution in [3.63, 3.8) is 0 Å². The van der Waals surface area contributed by atoms with Crippen LogP contribution >= 0.6 is 8.25 Å². The van der Waals surface area contributed by atoms with Crippen molar-refractivity contribution in [3.05, 3.63) is 55.1 Å². The van der Waals surface area contributed by atoms with Gasteiger partial charge < -0.3 is 14.5 Å². The van der Waals surface area contributed by atoms with E-state index in [1.165, 1.54) is 0 Å². The van der Waals surface area contributed by atoms with E-state index in [9.17, 15) is 0 Å². The van der Waals surface area contributed by atoms with Crippen LogP contribution < -0.4 is 4.74 Å². The Morgan fingerprint density at radius 1 is 1.24 bits per heavy atom. The van der Waals surface area contributed by atoms with Crippen molar-refractivity contribution in [1.82, 2.24) is 0 Å². The molecule has 0 fully saturated rings. The Morgan fingerprint density at radius 3 is 2.35 bits per heavy atom. The topological polar surface area (TPSA) is 66.8 Å². The number of ether oxygens (including phenoxy) is 1. The zero-order valence-corrected chi connectivity index (χ0v) is 10.5. The highest BCUT2D eigenvalue weighted by atomic mass is 31.1. The van der Waals surface area contributed by atoms with Crippen LogP contribution in [0.4, 0.5) is 0 Å². The lowest BCUT2D eigenvalue weighted by Gasteiger charge is -2.00. The van der Waals surface area contributed by atoms with Crippen LogP contribution in [0.25, 0.3) is 0 Å². The van der Waals surface area contributed by atoms with E-state index >= 15 is 0 Å². The largest absolute Gasteiger partial charge is 0.490 e. The monoisotopic (exact) mass is 256 g/mol. The third-order valence-electron chi connectivity index (χ3n) is 1.56. The average Bonchev–Trinajstić information content (AvgIpc) is 2.29. The maximum absolute atomic E-state index is 8.74. The fraction of sp³-hybridized carbons (Fsp3) is 0.167. The molecule has 0 atom stereocenters. The van der Waals surface area contributed by atoms with Crippen molar-refractivity contribution in [3.8, 4) is 5.75 Å². The quantitative estimate of drug-likeness (QED) is 0.627. The predicted octanol–water partition coefficient (Wildman–Crippen LogP) is 2.56. The Bertz CT molecular complexity index is 345. The Kier molecular flexibility index (Phi) is 10.3. The van der Waals surface area contributed by atoms with E-state index in [4.69, 9.17) is 19.1 Å². The second kappa shape index (κ2) is 11.1. The predicted molar refractivity (Wildman–Crippen MR) is 69.3 cm³/mol. The number of hydrogen-bond acceptors (Lipinski definition) is 2. The van der Waals surface area contributed by atoms with E-state index < -0.39 is 8.25 Å². The van der Waals surface area contributed by atoms with Gasteiger partial charge in [-0.25, -0.2) is 0 Å². The zero-order valence-electron chi connectivity index (χ0n) is 9.45. The van der Waals surface area contributed by atoms with Crippen LogP contribution in [0.1, 0.15) is 6.42 Å². The van der Waals surface area contributed by atoms with Gasteiger partial charge in [-0.2, -0.15) is 0 Å². The van der Waals surface area contributed by atoms with E-state index in [0.717, 1.165) is 12.2 Å². The first-order chi connectivity index (χ1) is 8.16. The number of benzene rings is 1. The first-order valence-corrected chi connectivity index (χ1v) is 6.32. The Balaban J connectivity index is 0.000000557. The summed E-state index contributed by atoms with van der Waals surface area (Å²) >= 11 is 0. The minimum absolute atomic E-state index is 0.623. The van der Waals surface area contributed by atoms with Crippen LogP contribution in [0, 0.1) is 0 Å². The summed E-state index contributed by atoms with van der Waals surface area (Å²) in [4.78, 5) is 14.3. The number of hydrogen-bond donors (Lipinski definition) is 2. The summed E-state index contributed by atoms with van der Waals surface area (Å²) in [6, 6.07) is 9.79. The van der Waals surface area contributed by atoms with Crippen LogP contribution in [0.3, 0.4) is 0 Å². The molecule has 0 aliphatic heterocycles. The fourth-order valence-corrected chi connectivity index (χ4v) is 0.922. The molecule has 0 aromatic heterocycles. The van der Waals surface area contributed by atoms with E-state index in [-0.39, 0.29) is 0 Å². The lowest BCUT2D eigenvalue weighted by Crippen LogP contribution is -1.92. The van der Waals surface area contributed by atoms with Crippen LogP contribution in [-0.4, -0.2) is 16.4 Å². The highest BCUT2D eigenvalue weighted by Crippen LogP contribution is 2.07. The van der Waals surface area contributed by atoms with Crippen LogP contribution in [0.2, 0.25) is 0 Å². The summed E-state index contributed by atoms with van der Waals surface area (Å²) in [5.74, 6) is 0.908. The number of para-hydroxylation sites is 1. The summed E-state index contributed by atoms with van der Waals surface area (Å²) < 4.78 is 14.2. The molecule has 4 nitrogen and oxygen atoms in total. The van der Waals surface area contributed by atoms with Crippen molar-refractivity contribution in [1.29, 1.82) is 0 Å². The summed E-state index contributed by atoms with van der Waals surface area (Å²) in [5.41, 5.74) is 0. The molecule has 0 saturated carbocycles. The summed E-state index contributed by atoms with van der Waals surface area (Å²) in [6.07, 6.45) is 6.79. The van der Waals surface area contributed by atoms with Gasteiger partial charge in [0.1, 0.15) is 12.4 Å². The third kappa shape index (κ3) is 12.6. The standard InChI is InChI=1S/C12H14O.H3O3P/c1-2-3-4-8-11-13-12-9-6-5-7-10-12;1-4(2)3/h2,4-10H,1,3,11H2;4H,(H2,1,2,3). The van der Waals surface area contributed by atoms with Gasteiger partial charge in [0.05, 0.1) is 0 Å². The van der Waals surface area contributed by atoms with Crippen molar-refractivity contribution >= 4 is 8.25 Å². The molecule has 5 heteroatoms. The van der Waals surface area contributed by atoms with Gasteiger partial charge in [0.25, 0.3) is 0 Å². The summed E-state index contributed by atoms with van der Waals surface area (Å²) in [7, 11) is -3.13. The maximum Gasteiger partial charge on any atom is 0.314 e. The smallest absolute Gasteiger partial charge is 0.314 e. The number of allylic oxidation sites excluding steroid dienone is 2. The molecule has 0 spiro atoms. The van der Waals surface area contributed by atoms with Crippen molar-refractivity contribution in [2.24, 2.45) is 0 Å². The van der Waals surface area contributed by atoms with Gasteiger partial charge in [0.2, 0.25) is 0 Å². The van der Waals surface area contributed by atoms with E-state index in [0.29, 0.717) is 6.61 Å². The Morgan fingerprint density at radius 2 is 1.82 bits per heavy atom. The molecular formula is C12H17O4P. The highest BCUT2D eigenvalue weighted by molar-refractivity contribution is 7.30. The molecule has 0 heterocycles. The first kappa shape index (κ1) is 15.7.